The quantitative estimate of drug-likeness (QED) is 0.825. The molecular formula is C12H13ClN2O3. The van der Waals surface area contributed by atoms with Crippen molar-refractivity contribution >= 4 is 23.9 Å². The summed E-state index contributed by atoms with van der Waals surface area (Å²) in [4.78, 5) is 23.8. The first-order valence-electron chi connectivity index (χ1n) is 5.61. The molecule has 0 aromatic heterocycles. The van der Waals surface area contributed by atoms with Gasteiger partial charge in [0.1, 0.15) is 12.4 Å². The van der Waals surface area contributed by atoms with Crippen molar-refractivity contribution in [3.05, 3.63) is 28.8 Å². The Labute approximate surface area is 110 Å². The van der Waals surface area contributed by atoms with Gasteiger partial charge in [0.2, 0.25) is 0 Å². The number of nitrogens with zero attached hydrogens (tertiary/aromatic N) is 1. The minimum absolute atomic E-state index is 0.0831. The van der Waals surface area contributed by atoms with E-state index in [1.807, 2.05) is 0 Å². The molecule has 2 amide bonds. The molecule has 1 aliphatic heterocycles. The summed E-state index contributed by atoms with van der Waals surface area (Å²) in [6.45, 7) is 2.15. The smallest absolute Gasteiger partial charge is 0.317 e. The molecule has 1 aromatic rings. The third-order valence-electron chi connectivity index (χ3n) is 2.69. The van der Waals surface area contributed by atoms with Crippen molar-refractivity contribution in [2.75, 3.05) is 26.2 Å². The fourth-order valence-electron chi connectivity index (χ4n) is 1.75. The van der Waals surface area contributed by atoms with E-state index in [9.17, 15) is 9.59 Å². The molecule has 1 saturated heterocycles. The maximum Gasteiger partial charge on any atom is 0.317 e. The molecule has 1 N–H and O–H groups in total. The summed E-state index contributed by atoms with van der Waals surface area (Å²) >= 11 is 5.87. The summed E-state index contributed by atoms with van der Waals surface area (Å²) in [7, 11) is 0. The van der Waals surface area contributed by atoms with Gasteiger partial charge in [-0.2, -0.15) is 0 Å². The molecule has 1 fully saturated rings. The maximum atomic E-state index is 11.3. The lowest BCUT2D eigenvalue weighted by atomic mass is 10.2. The van der Waals surface area contributed by atoms with Gasteiger partial charge < -0.3 is 15.0 Å². The van der Waals surface area contributed by atoms with E-state index in [2.05, 4.69) is 5.32 Å². The van der Waals surface area contributed by atoms with E-state index >= 15 is 0 Å². The maximum absolute atomic E-state index is 11.3. The van der Waals surface area contributed by atoms with Gasteiger partial charge in [-0.3, -0.25) is 4.79 Å². The molecular weight excluding hydrogens is 256 g/mol. The summed E-state index contributed by atoms with van der Waals surface area (Å²) in [6.07, 6.45) is 0.667. The Balaban J connectivity index is 1.92. The van der Waals surface area contributed by atoms with Crippen molar-refractivity contribution in [3.8, 4) is 5.75 Å². The summed E-state index contributed by atoms with van der Waals surface area (Å²) in [5.41, 5.74) is 0.338. The topological polar surface area (TPSA) is 58.6 Å². The Kier molecular flexibility index (Phi) is 4.04. The van der Waals surface area contributed by atoms with Crippen LogP contribution in [0.4, 0.5) is 4.79 Å². The second-order valence-corrected chi connectivity index (χ2v) is 4.24. The van der Waals surface area contributed by atoms with Crippen LogP contribution in [-0.2, 0) is 0 Å². The average Bonchev–Trinajstić information content (AvgIpc) is 2.75. The molecule has 0 spiro atoms. The van der Waals surface area contributed by atoms with Crippen LogP contribution >= 0.6 is 11.6 Å². The van der Waals surface area contributed by atoms with Crippen molar-refractivity contribution in [2.24, 2.45) is 0 Å². The Morgan fingerprint density at radius 1 is 1.50 bits per heavy atom. The number of hydrogen-bond acceptors (Lipinski definition) is 3. The fraction of sp³-hybridized carbons (Fsp3) is 0.333. The molecule has 1 aromatic carbocycles. The molecule has 5 nitrogen and oxygen atoms in total. The van der Waals surface area contributed by atoms with Crippen LogP contribution in [0.3, 0.4) is 0 Å². The number of halogens is 1. The lowest BCUT2D eigenvalue weighted by Gasteiger charge is -2.15. The number of amides is 2. The van der Waals surface area contributed by atoms with Crippen molar-refractivity contribution in [2.45, 2.75) is 0 Å². The first kappa shape index (κ1) is 12.7. The predicted octanol–water partition coefficient (Wildman–Crippen LogP) is 1.56. The van der Waals surface area contributed by atoms with E-state index in [1.165, 1.54) is 0 Å². The summed E-state index contributed by atoms with van der Waals surface area (Å²) in [5.74, 6) is 0.442. The van der Waals surface area contributed by atoms with Gasteiger partial charge in [-0.1, -0.05) is 17.7 Å². The highest BCUT2D eigenvalue weighted by molar-refractivity contribution is 6.33. The van der Waals surface area contributed by atoms with Crippen LogP contribution in [0.1, 0.15) is 10.4 Å². The molecule has 0 radical (unpaired) electrons. The van der Waals surface area contributed by atoms with E-state index in [0.717, 1.165) is 0 Å². The van der Waals surface area contributed by atoms with Crippen LogP contribution in [0, 0.1) is 0 Å². The molecule has 96 valence electrons. The SMILES string of the molecule is O=Cc1c(Cl)cccc1OCCN1CCNC1=O. The summed E-state index contributed by atoms with van der Waals surface area (Å²) in [6, 6.07) is 4.94. The lowest BCUT2D eigenvalue weighted by Crippen LogP contribution is -2.31. The van der Waals surface area contributed by atoms with Crippen molar-refractivity contribution in [1.82, 2.24) is 10.2 Å². The standard InChI is InChI=1S/C12H13ClN2O3/c13-10-2-1-3-11(9(10)8-16)18-7-6-15-5-4-14-12(15)17/h1-3,8H,4-7H2,(H,14,17). The van der Waals surface area contributed by atoms with Gasteiger partial charge >= 0.3 is 6.03 Å². The van der Waals surface area contributed by atoms with Crippen molar-refractivity contribution in [1.29, 1.82) is 0 Å². The van der Waals surface area contributed by atoms with Gasteiger partial charge in [0.05, 0.1) is 17.1 Å². The van der Waals surface area contributed by atoms with Crippen LogP contribution in [0.25, 0.3) is 0 Å². The molecule has 0 aliphatic carbocycles. The third-order valence-corrected chi connectivity index (χ3v) is 3.02. The van der Waals surface area contributed by atoms with E-state index in [1.54, 1.807) is 23.1 Å². The molecule has 0 atom stereocenters. The summed E-state index contributed by atoms with van der Waals surface area (Å²) in [5, 5.41) is 3.07. The lowest BCUT2D eigenvalue weighted by molar-refractivity contribution is 0.111. The number of benzene rings is 1. The number of nitrogens with one attached hydrogen (secondary N) is 1. The third kappa shape index (κ3) is 2.73. The number of carbonyl (C=O) groups is 2. The van der Waals surface area contributed by atoms with Crippen LogP contribution in [0.2, 0.25) is 5.02 Å². The number of aldehydes is 1. The van der Waals surface area contributed by atoms with Gasteiger partial charge in [0, 0.05) is 13.1 Å². The largest absolute Gasteiger partial charge is 0.491 e. The van der Waals surface area contributed by atoms with Gasteiger partial charge in [0.25, 0.3) is 0 Å². The van der Waals surface area contributed by atoms with Gasteiger partial charge in [-0.05, 0) is 12.1 Å². The first-order valence-corrected chi connectivity index (χ1v) is 5.99. The van der Waals surface area contributed by atoms with E-state index in [-0.39, 0.29) is 6.03 Å². The zero-order valence-electron chi connectivity index (χ0n) is 9.69. The molecule has 2 rings (SSSR count). The van der Waals surface area contributed by atoms with E-state index < -0.39 is 0 Å². The fourth-order valence-corrected chi connectivity index (χ4v) is 1.96. The molecule has 1 aliphatic rings. The van der Waals surface area contributed by atoms with Crippen molar-refractivity contribution < 1.29 is 14.3 Å². The van der Waals surface area contributed by atoms with Gasteiger partial charge in [-0.25, -0.2) is 4.79 Å². The monoisotopic (exact) mass is 268 g/mol. The molecule has 0 saturated carbocycles. The number of urea groups is 1. The second kappa shape index (κ2) is 5.73. The number of ether oxygens (including phenoxy) is 1. The number of hydrogen-bond donors (Lipinski definition) is 1. The number of rotatable bonds is 5. The zero-order valence-corrected chi connectivity index (χ0v) is 10.4. The van der Waals surface area contributed by atoms with E-state index in [4.69, 9.17) is 16.3 Å². The van der Waals surface area contributed by atoms with Gasteiger partial charge in [-0.15, -0.1) is 0 Å². The molecule has 0 bridgehead atoms. The molecule has 1 heterocycles. The zero-order chi connectivity index (χ0) is 13.0. The van der Waals surface area contributed by atoms with Crippen LogP contribution in [0.15, 0.2) is 18.2 Å². The van der Waals surface area contributed by atoms with E-state index in [0.29, 0.717) is 48.9 Å². The normalized spacial score (nSPS) is 14.5. The Morgan fingerprint density at radius 3 is 3.00 bits per heavy atom. The molecule has 0 unspecified atom stereocenters. The summed E-state index contributed by atoms with van der Waals surface area (Å²) < 4.78 is 5.48. The highest BCUT2D eigenvalue weighted by Gasteiger charge is 2.18. The second-order valence-electron chi connectivity index (χ2n) is 3.84. The average molecular weight is 269 g/mol. The van der Waals surface area contributed by atoms with Crippen LogP contribution in [0.5, 0.6) is 5.75 Å². The number of carbonyl (C=O) groups excluding carboxylic acids is 2. The minimum atomic E-state index is -0.0831. The molecule has 18 heavy (non-hydrogen) atoms. The highest BCUT2D eigenvalue weighted by atomic mass is 35.5. The van der Waals surface area contributed by atoms with Crippen molar-refractivity contribution in [3.63, 3.8) is 0 Å². The predicted molar refractivity (Wildman–Crippen MR) is 67.3 cm³/mol. The highest BCUT2D eigenvalue weighted by Crippen LogP contribution is 2.24. The van der Waals surface area contributed by atoms with Crippen LogP contribution in [-0.4, -0.2) is 43.5 Å². The molecule has 6 heteroatoms. The Bertz CT molecular complexity index is 465. The minimum Gasteiger partial charge on any atom is -0.491 e. The Morgan fingerprint density at radius 2 is 2.33 bits per heavy atom. The van der Waals surface area contributed by atoms with Crippen LogP contribution < -0.4 is 10.1 Å². The van der Waals surface area contributed by atoms with Gasteiger partial charge in [0.15, 0.2) is 6.29 Å². The Hall–Kier alpha value is -1.75. The first-order chi connectivity index (χ1) is 8.72.